The molecule has 0 aromatic heterocycles. The molecule has 1 aromatic carbocycles. The molecule has 0 saturated carbocycles. The number of methoxy groups -OCH3 is 1. The van der Waals surface area contributed by atoms with Crippen LogP contribution in [0.4, 0.5) is 0 Å². The van der Waals surface area contributed by atoms with Crippen molar-refractivity contribution in [1.29, 1.82) is 0 Å². The second kappa shape index (κ2) is 6.85. The zero-order valence-electron chi connectivity index (χ0n) is 10.8. The van der Waals surface area contributed by atoms with E-state index in [-0.39, 0.29) is 18.3 Å². The minimum Gasteiger partial charge on any atom is -0.388 e. The van der Waals surface area contributed by atoms with Gasteiger partial charge in [0.25, 0.3) is 0 Å². The molecule has 0 unspecified atom stereocenters. The van der Waals surface area contributed by atoms with Crippen molar-refractivity contribution in [3.63, 3.8) is 0 Å². The lowest BCUT2D eigenvalue weighted by Gasteiger charge is -2.35. The Morgan fingerprint density at radius 3 is 2.50 bits per heavy atom. The highest BCUT2D eigenvalue weighted by molar-refractivity contribution is 5.85. The predicted octanol–water partition coefficient (Wildman–Crippen LogP) is 1.70. The molecule has 1 rings (SSSR count). The monoisotopic (exact) mass is 273 g/mol. The van der Waals surface area contributed by atoms with Crippen LogP contribution in [0, 0.1) is 5.92 Å². The minimum atomic E-state index is -1.30. The van der Waals surface area contributed by atoms with Crippen molar-refractivity contribution in [1.82, 2.24) is 0 Å². The van der Waals surface area contributed by atoms with E-state index in [1.807, 2.05) is 13.8 Å². The summed E-state index contributed by atoms with van der Waals surface area (Å²) in [7, 11) is 1.44. The van der Waals surface area contributed by atoms with E-state index in [4.69, 9.17) is 10.5 Å². The normalized spacial score (nSPS) is 15.7. The van der Waals surface area contributed by atoms with Gasteiger partial charge in [-0.3, -0.25) is 10.5 Å². The van der Waals surface area contributed by atoms with Gasteiger partial charge in [0.1, 0.15) is 12.4 Å². The van der Waals surface area contributed by atoms with E-state index in [0.29, 0.717) is 11.1 Å². The van der Waals surface area contributed by atoms with Crippen molar-refractivity contribution < 1.29 is 14.6 Å². The molecule has 0 heterocycles. The maximum Gasteiger partial charge on any atom is 0.168 e. The summed E-state index contributed by atoms with van der Waals surface area (Å²) >= 11 is 0. The fourth-order valence-electron chi connectivity index (χ4n) is 1.76. The number of aliphatic hydroxyl groups excluding tert-OH is 1. The molecule has 0 amide bonds. The van der Waals surface area contributed by atoms with Crippen molar-refractivity contribution in [3.8, 4) is 0 Å². The molecule has 2 atom stereocenters. The fraction of sp³-hybridized carbons (Fsp3) is 0.462. The molecular weight excluding hydrogens is 254 g/mol. The van der Waals surface area contributed by atoms with Gasteiger partial charge in [-0.05, 0) is 12.0 Å². The molecular formula is C13H20ClNO3. The fourth-order valence-corrected chi connectivity index (χ4v) is 1.76. The Bertz CT molecular complexity index is 398. The maximum atomic E-state index is 10.7. The van der Waals surface area contributed by atoms with E-state index in [1.54, 1.807) is 24.3 Å². The van der Waals surface area contributed by atoms with Crippen LogP contribution in [0.5, 0.6) is 0 Å². The minimum absolute atomic E-state index is 0. The quantitative estimate of drug-likeness (QED) is 0.633. The largest absolute Gasteiger partial charge is 0.388 e. The molecule has 0 aliphatic heterocycles. The number of rotatable bonds is 5. The van der Waals surface area contributed by atoms with E-state index in [1.165, 1.54) is 7.11 Å². The second-order valence-electron chi connectivity index (χ2n) is 4.43. The number of aliphatic hydroxyl groups is 1. The van der Waals surface area contributed by atoms with Gasteiger partial charge in [-0.1, -0.05) is 32.0 Å². The lowest BCUT2D eigenvalue weighted by molar-refractivity contribution is -0.122. The summed E-state index contributed by atoms with van der Waals surface area (Å²) in [6.07, 6.45) is -0.115. The number of hydrogen-bond acceptors (Lipinski definition) is 4. The van der Waals surface area contributed by atoms with Crippen molar-refractivity contribution in [2.45, 2.75) is 25.7 Å². The average Bonchev–Trinajstić information content (AvgIpc) is 2.36. The van der Waals surface area contributed by atoms with Crippen molar-refractivity contribution >= 4 is 18.7 Å². The van der Waals surface area contributed by atoms with Crippen LogP contribution >= 0.6 is 12.4 Å². The molecule has 102 valence electrons. The Balaban J connectivity index is 0.00000289. The Kier molecular flexibility index (Phi) is 6.49. The van der Waals surface area contributed by atoms with Crippen LogP contribution in [0.1, 0.15) is 29.8 Å². The molecule has 1 aromatic rings. The molecule has 0 spiro atoms. The van der Waals surface area contributed by atoms with E-state index in [2.05, 4.69) is 0 Å². The van der Waals surface area contributed by atoms with Crippen LogP contribution in [0.15, 0.2) is 24.3 Å². The van der Waals surface area contributed by atoms with Gasteiger partial charge in [0.05, 0.1) is 0 Å². The van der Waals surface area contributed by atoms with Gasteiger partial charge in [-0.2, -0.15) is 0 Å². The van der Waals surface area contributed by atoms with E-state index in [0.717, 1.165) is 6.29 Å². The Labute approximate surface area is 114 Å². The third-order valence-electron chi connectivity index (χ3n) is 2.88. The smallest absolute Gasteiger partial charge is 0.168 e. The van der Waals surface area contributed by atoms with Crippen LogP contribution < -0.4 is 5.73 Å². The van der Waals surface area contributed by atoms with Crippen molar-refractivity contribution in [2.24, 2.45) is 11.7 Å². The maximum absolute atomic E-state index is 10.7. The van der Waals surface area contributed by atoms with E-state index >= 15 is 0 Å². The number of benzene rings is 1. The van der Waals surface area contributed by atoms with E-state index < -0.39 is 11.8 Å². The Morgan fingerprint density at radius 1 is 1.44 bits per heavy atom. The predicted molar refractivity (Wildman–Crippen MR) is 72.8 cm³/mol. The molecule has 3 N–H and O–H groups in total. The molecule has 0 radical (unpaired) electrons. The molecule has 18 heavy (non-hydrogen) atoms. The highest BCUT2D eigenvalue weighted by Gasteiger charge is 2.37. The highest BCUT2D eigenvalue weighted by atomic mass is 35.5. The molecule has 4 nitrogen and oxygen atoms in total. The van der Waals surface area contributed by atoms with Gasteiger partial charge in [0.15, 0.2) is 5.72 Å². The second-order valence-corrected chi connectivity index (χ2v) is 4.43. The molecule has 0 saturated heterocycles. The summed E-state index contributed by atoms with van der Waals surface area (Å²) < 4.78 is 5.26. The van der Waals surface area contributed by atoms with Crippen LogP contribution in [0.3, 0.4) is 0 Å². The summed E-state index contributed by atoms with van der Waals surface area (Å²) in [6, 6.07) is 6.76. The molecule has 0 aliphatic rings. The van der Waals surface area contributed by atoms with Gasteiger partial charge in [0, 0.05) is 18.2 Å². The first-order valence-electron chi connectivity index (χ1n) is 5.53. The van der Waals surface area contributed by atoms with Crippen molar-refractivity contribution in [3.05, 3.63) is 35.4 Å². The zero-order valence-corrected chi connectivity index (χ0v) is 11.6. The number of nitrogens with two attached hydrogens (primary N) is 1. The zero-order chi connectivity index (χ0) is 13.1. The summed E-state index contributed by atoms with van der Waals surface area (Å²) in [5.74, 6) is -0.0557. The Hall–Kier alpha value is -0.940. The third-order valence-corrected chi connectivity index (χ3v) is 2.88. The lowest BCUT2D eigenvalue weighted by Crippen LogP contribution is -2.51. The number of carbonyl (C=O) groups is 1. The SMILES string of the molecule is CO[C@@](N)(c1cccc(C=O)c1)[C@@H](O)C(C)C.Cl. The van der Waals surface area contributed by atoms with Crippen LogP contribution in [0.25, 0.3) is 0 Å². The highest BCUT2D eigenvalue weighted by Crippen LogP contribution is 2.27. The van der Waals surface area contributed by atoms with Gasteiger partial charge in [-0.15, -0.1) is 12.4 Å². The van der Waals surface area contributed by atoms with E-state index in [9.17, 15) is 9.90 Å². The number of hydrogen-bond donors (Lipinski definition) is 2. The number of ether oxygens (including phenoxy) is 1. The third kappa shape index (κ3) is 3.29. The number of carbonyl (C=O) groups excluding carboxylic acids is 1. The van der Waals surface area contributed by atoms with Crippen molar-refractivity contribution in [2.75, 3.05) is 7.11 Å². The van der Waals surface area contributed by atoms with Crippen LogP contribution in [0.2, 0.25) is 0 Å². The number of aldehydes is 1. The average molecular weight is 274 g/mol. The topological polar surface area (TPSA) is 72.5 Å². The Morgan fingerprint density at radius 2 is 2.06 bits per heavy atom. The number of halogens is 1. The van der Waals surface area contributed by atoms with Crippen LogP contribution in [-0.4, -0.2) is 24.6 Å². The summed E-state index contributed by atoms with van der Waals surface area (Å²) in [5.41, 5.74) is 5.89. The molecule has 5 heteroatoms. The first-order chi connectivity index (χ1) is 7.95. The summed E-state index contributed by atoms with van der Waals surface area (Å²) in [4.78, 5) is 10.7. The molecule has 0 bridgehead atoms. The summed E-state index contributed by atoms with van der Waals surface area (Å²) in [5, 5.41) is 10.1. The summed E-state index contributed by atoms with van der Waals surface area (Å²) in [6.45, 7) is 3.71. The standard InChI is InChI=1S/C13H19NO3.ClH/c1-9(2)12(16)13(14,17-3)11-6-4-5-10(7-11)8-15;/h4-9,12,16H,14H2,1-3H3;1H/t12-,13-;/m0./s1. The van der Waals surface area contributed by atoms with Gasteiger partial charge in [0.2, 0.25) is 0 Å². The molecule has 0 aliphatic carbocycles. The molecule has 0 fully saturated rings. The van der Waals surface area contributed by atoms with Crippen LogP contribution in [-0.2, 0) is 10.5 Å². The lowest BCUT2D eigenvalue weighted by atomic mass is 9.89. The first-order valence-corrected chi connectivity index (χ1v) is 5.53. The first kappa shape index (κ1) is 17.1. The van der Waals surface area contributed by atoms with Gasteiger partial charge in [-0.25, -0.2) is 0 Å². The van der Waals surface area contributed by atoms with Gasteiger partial charge >= 0.3 is 0 Å². The van der Waals surface area contributed by atoms with Gasteiger partial charge < -0.3 is 9.84 Å².